The van der Waals surface area contributed by atoms with E-state index in [-0.39, 0.29) is 0 Å². The standard InChI is InChI=1S/C22H17Cl2N5S/c1-11-25-7-8-29(11)22-27-20(26-10-12-5-6-15(23)16(24)9-12)18-17-13-3-2-4-14(13)19(17)30-21(18)28-22/h3,5-9,14H,2,4,10H2,1H3,(H,26,27,28). The van der Waals surface area contributed by atoms with E-state index in [1.807, 2.05) is 35.9 Å². The van der Waals surface area contributed by atoms with Gasteiger partial charge in [-0.15, -0.1) is 11.3 Å². The van der Waals surface area contributed by atoms with E-state index in [0.29, 0.717) is 28.5 Å². The Kier molecular flexibility index (Phi) is 4.17. The Labute approximate surface area is 187 Å². The molecule has 4 aromatic rings. The van der Waals surface area contributed by atoms with Crippen LogP contribution in [0.2, 0.25) is 10.0 Å². The largest absolute Gasteiger partial charge is 0.365 e. The van der Waals surface area contributed by atoms with Crippen LogP contribution in [0.3, 0.4) is 0 Å². The van der Waals surface area contributed by atoms with E-state index in [0.717, 1.165) is 33.8 Å². The predicted molar refractivity (Wildman–Crippen MR) is 123 cm³/mol. The molecule has 150 valence electrons. The minimum Gasteiger partial charge on any atom is -0.365 e. The Morgan fingerprint density at radius 3 is 2.93 bits per heavy atom. The molecule has 0 saturated heterocycles. The second kappa shape index (κ2) is 6.80. The molecule has 2 aliphatic rings. The molecule has 0 saturated carbocycles. The van der Waals surface area contributed by atoms with Gasteiger partial charge in [0.1, 0.15) is 16.5 Å². The summed E-state index contributed by atoms with van der Waals surface area (Å²) in [6, 6.07) is 5.68. The Morgan fingerprint density at radius 1 is 1.23 bits per heavy atom. The third kappa shape index (κ3) is 2.71. The van der Waals surface area contributed by atoms with E-state index >= 15 is 0 Å². The molecule has 3 heterocycles. The van der Waals surface area contributed by atoms with Crippen molar-refractivity contribution in [1.82, 2.24) is 19.5 Å². The summed E-state index contributed by atoms with van der Waals surface area (Å²) < 4.78 is 1.92. The van der Waals surface area contributed by atoms with Gasteiger partial charge in [0, 0.05) is 35.3 Å². The number of hydrogen-bond donors (Lipinski definition) is 1. The number of hydrogen-bond acceptors (Lipinski definition) is 5. The quantitative estimate of drug-likeness (QED) is 0.389. The van der Waals surface area contributed by atoms with Crippen molar-refractivity contribution in [2.45, 2.75) is 32.2 Å². The third-order valence-corrected chi connectivity index (χ3v) is 7.79. The predicted octanol–water partition coefficient (Wildman–Crippen LogP) is 6.38. The number of imidazole rings is 1. The molecule has 0 aliphatic heterocycles. The van der Waals surface area contributed by atoms with Crippen LogP contribution >= 0.6 is 34.5 Å². The number of rotatable bonds is 4. The van der Waals surface area contributed by atoms with Gasteiger partial charge in [0.15, 0.2) is 0 Å². The molecule has 0 bridgehead atoms. The lowest BCUT2D eigenvalue weighted by Gasteiger charge is -2.26. The van der Waals surface area contributed by atoms with Crippen molar-refractivity contribution < 1.29 is 0 Å². The van der Waals surface area contributed by atoms with Gasteiger partial charge in [-0.25, -0.2) is 9.97 Å². The Hall–Kier alpha value is -2.41. The highest BCUT2D eigenvalue weighted by molar-refractivity contribution is 7.19. The number of allylic oxidation sites excluding steroid dienone is 2. The van der Waals surface area contributed by atoms with Gasteiger partial charge in [-0.1, -0.05) is 35.3 Å². The van der Waals surface area contributed by atoms with Gasteiger partial charge in [0.25, 0.3) is 0 Å². The summed E-state index contributed by atoms with van der Waals surface area (Å²) in [5.74, 6) is 2.92. The normalized spacial score (nSPS) is 16.9. The number of benzene rings is 1. The first-order valence-corrected chi connectivity index (χ1v) is 11.4. The first-order valence-electron chi connectivity index (χ1n) is 9.83. The summed E-state index contributed by atoms with van der Waals surface area (Å²) in [5, 5.41) is 5.77. The molecule has 1 aromatic carbocycles. The molecule has 1 unspecified atom stereocenters. The van der Waals surface area contributed by atoms with Gasteiger partial charge in [-0.3, -0.25) is 4.57 Å². The third-order valence-electron chi connectivity index (χ3n) is 5.85. The number of anilines is 1. The number of aromatic nitrogens is 4. The molecular formula is C22H17Cl2N5S. The summed E-state index contributed by atoms with van der Waals surface area (Å²) in [6.45, 7) is 2.55. The molecule has 0 radical (unpaired) electrons. The molecule has 1 N–H and O–H groups in total. The fourth-order valence-electron chi connectivity index (χ4n) is 4.37. The van der Waals surface area contributed by atoms with Crippen molar-refractivity contribution in [3.63, 3.8) is 0 Å². The SMILES string of the molecule is Cc1nccn1-c1nc(NCc2ccc(Cl)c(Cl)c2)c2c3c(sc2n1)C1CCC=C31. The molecule has 3 aromatic heterocycles. The van der Waals surface area contributed by atoms with Gasteiger partial charge < -0.3 is 5.32 Å². The van der Waals surface area contributed by atoms with Crippen molar-refractivity contribution in [2.75, 3.05) is 5.32 Å². The molecule has 6 rings (SSSR count). The number of thiophene rings is 1. The zero-order valence-corrected chi connectivity index (χ0v) is 18.4. The van der Waals surface area contributed by atoms with Gasteiger partial charge in [0.05, 0.1) is 15.4 Å². The number of nitrogens with one attached hydrogen (secondary N) is 1. The fourth-order valence-corrected chi connectivity index (χ4v) is 6.04. The van der Waals surface area contributed by atoms with Gasteiger partial charge in [0.2, 0.25) is 5.95 Å². The summed E-state index contributed by atoms with van der Waals surface area (Å²) in [6.07, 6.45) is 8.40. The summed E-state index contributed by atoms with van der Waals surface area (Å²) in [5.41, 5.74) is 3.84. The molecule has 0 spiro atoms. The average Bonchev–Trinajstić information content (AvgIpc) is 3.42. The highest BCUT2D eigenvalue weighted by Crippen LogP contribution is 2.59. The molecule has 0 amide bonds. The Balaban J connectivity index is 1.47. The highest BCUT2D eigenvalue weighted by atomic mass is 35.5. The molecule has 30 heavy (non-hydrogen) atoms. The first kappa shape index (κ1) is 18.4. The molecule has 0 fully saturated rings. The number of aryl methyl sites for hydroxylation is 1. The lowest BCUT2D eigenvalue weighted by Crippen LogP contribution is -2.11. The molecule has 8 heteroatoms. The second-order valence-electron chi connectivity index (χ2n) is 7.63. The summed E-state index contributed by atoms with van der Waals surface area (Å²) in [7, 11) is 0. The maximum Gasteiger partial charge on any atom is 0.238 e. The van der Waals surface area contributed by atoms with Gasteiger partial charge in [-0.05, 0) is 43.0 Å². The lowest BCUT2D eigenvalue weighted by molar-refractivity contribution is 0.797. The molecular weight excluding hydrogens is 437 g/mol. The topological polar surface area (TPSA) is 55.6 Å². The van der Waals surface area contributed by atoms with E-state index in [2.05, 4.69) is 16.4 Å². The lowest BCUT2D eigenvalue weighted by atomic mass is 9.80. The van der Waals surface area contributed by atoms with Crippen molar-refractivity contribution in [3.8, 4) is 5.95 Å². The zero-order chi connectivity index (χ0) is 20.4. The number of nitrogens with zero attached hydrogens (tertiary/aromatic N) is 4. The number of fused-ring (bicyclic) bond motifs is 6. The van der Waals surface area contributed by atoms with Gasteiger partial charge >= 0.3 is 0 Å². The maximum atomic E-state index is 6.20. The van der Waals surface area contributed by atoms with Crippen LogP contribution in [-0.2, 0) is 6.54 Å². The van der Waals surface area contributed by atoms with Crippen molar-refractivity contribution in [1.29, 1.82) is 0 Å². The van der Waals surface area contributed by atoms with E-state index < -0.39 is 0 Å². The zero-order valence-electron chi connectivity index (χ0n) is 16.1. The van der Waals surface area contributed by atoms with Crippen molar-refractivity contribution in [2.24, 2.45) is 0 Å². The fraction of sp³-hybridized carbons (Fsp3) is 0.227. The maximum absolute atomic E-state index is 6.20. The average molecular weight is 454 g/mol. The number of halogens is 2. The van der Waals surface area contributed by atoms with Crippen LogP contribution < -0.4 is 5.32 Å². The van der Waals surface area contributed by atoms with E-state index in [1.165, 1.54) is 22.4 Å². The molecule has 5 nitrogen and oxygen atoms in total. The van der Waals surface area contributed by atoms with Crippen molar-refractivity contribution >= 4 is 56.1 Å². The Bertz CT molecular complexity index is 1350. The monoisotopic (exact) mass is 453 g/mol. The smallest absolute Gasteiger partial charge is 0.238 e. The highest BCUT2D eigenvalue weighted by Gasteiger charge is 2.39. The second-order valence-corrected chi connectivity index (χ2v) is 9.47. The minimum absolute atomic E-state index is 0.553. The van der Waals surface area contributed by atoms with Crippen LogP contribution in [-0.4, -0.2) is 19.5 Å². The molecule has 2 aliphatic carbocycles. The van der Waals surface area contributed by atoms with Crippen LogP contribution in [0.5, 0.6) is 0 Å². The minimum atomic E-state index is 0.553. The van der Waals surface area contributed by atoms with Gasteiger partial charge in [-0.2, -0.15) is 4.98 Å². The summed E-state index contributed by atoms with van der Waals surface area (Å²) in [4.78, 5) is 16.6. The van der Waals surface area contributed by atoms with E-state index in [9.17, 15) is 0 Å². The van der Waals surface area contributed by atoms with Crippen molar-refractivity contribution in [3.05, 3.63) is 68.5 Å². The molecule has 1 atom stereocenters. The van der Waals surface area contributed by atoms with E-state index in [4.69, 9.17) is 33.2 Å². The van der Waals surface area contributed by atoms with Crippen LogP contribution in [0.15, 0.2) is 36.7 Å². The van der Waals surface area contributed by atoms with E-state index in [1.54, 1.807) is 17.5 Å². The Morgan fingerprint density at radius 2 is 2.13 bits per heavy atom. The van der Waals surface area contributed by atoms with Crippen LogP contribution in [0.25, 0.3) is 21.7 Å². The van der Waals surface area contributed by atoms with Crippen LogP contribution in [0.4, 0.5) is 5.82 Å². The summed E-state index contributed by atoms with van der Waals surface area (Å²) >= 11 is 14.1. The first-order chi connectivity index (χ1) is 14.6. The van der Waals surface area contributed by atoms with Crippen LogP contribution in [0.1, 0.15) is 40.6 Å². The van der Waals surface area contributed by atoms with Crippen LogP contribution in [0, 0.1) is 6.92 Å².